The van der Waals surface area contributed by atoms with E-state index in [2.05, 4.69) is 29.6 Å². The SMILES string of the molecule is Fc1cccc(CNC2CCCCc3ccccc32)c1. The Balaban J connectivity index is 1.74. The Morgan fingerprint density at radius 2 is 1.95 bits per heavy atom. The number of hydrogen-bond donors (Lipinski definition) is 1. The lowest BCUT2D eigenvalue weighted by Gasteiger charge is -2.19. The number of halogens is 1. The minimum atomic E-state index is -0.162. The lowest BCUT2D eigenvalue weighted by Crippen LogP contribution is -2.21. The first-order valence-electron chi connectivity index (χ1n) is 7.38. The average Bonchev–Trinajstić information content (AvgIpc) is 2.67. The van der Waals surface area contributed by atoms with Crippen molar-refractivity contribution in [3.8, 4) is 0 Å². The predicted molar refractivity (Wildman–Crippen MR) is 80.0 cm³/mol. The van der Waals surface area contributed by atoms with Crippen molar-refractivity contribution in [2.75, 3.05) is 0 Å². The summed E-state index contributed by atoms with van der Waals surface area (Å²) in [6.45, 7) is 0.719. The van der Waals surface area contributed by atoms with E-state index >= 15 is 0 Å². The molecule has 0 bridgehead atoms. The molecular formula is C18H20FN. The maximum atomic E-state index is 13.2. The molecule has 2 aromatic rings. The summed E-state index contributed by atoms with van der Waals surface area (Å²) in [5.74, 6) is -0.162. The first-order chi connectivity index (χ1) is 9.83. The molecule has 0 spiro atoms. The van der Waals surface area contributed by atoms with Gasteiger partial charge >= 0.3 is 0 Å². The first kappa shape index (κ1) is 13.3. The van der Waals surface area contributed by atoms with Crippen LogP contribution in [0.25, 0.3) is 0 Å². The molecule has 1 aliphatic carbocycles. The van der Waals surface area contributed by atoms with Crippen LogP contribution in [-0.4, -0.2) is 0 Å². The van der Waals surface area contributed by atoms with E-state index in [0.717, 1.165) is 18.5 Å². The Bertz CT molecular complexity index is 579. The summed E-state index contributed by atoms with van der Waals surface area (Å²) in [6.07, 6.45) is 4.84. The highest BCUT2D eigenvalue weighted by atomic mass is 19.1. The molecule has 0 fully saturated rings. The number of aryl methyl sites for hydroxylation is 1. The Morgan fingerprint density at radius 3 is 2.85 bits per heavy atom. The number of nitrogens with one attached hydrogen (secondary N) is 1. The zero-order chi connectivity index (χ0) is 13.8. The third-order valence-corrected chi connectivity index (χ3v) is 4.06. The van der Waals surface area contributed by atoms with Crippen LogP contribution in [0.4, 0.5) is 4.39 Å². The Kier molecular flexibility index (Phi) is 4.12. The fraction of sp³-hybridized carbons (Fsp3) is 0.333. The maximum absolute atomic E-state index is 13.2. The van der Waals surface area contributed by atoms with Crippen LogP contribution in [-0.2, 0) is 13.0 Å². The van der Waals surface area contributed by atoms with Gasteiger partial charge in [0.1, 0.15) is 5.82 Å². The molecule has 0 radical (unpaired) electrons. The van der Waals surface area contributed by atoms with E-state index in [9.17, 15) is 4.39 Å². The van der Waals surface area contributed by atoms with E-state index in [4.69, 9.17) is 0 Å². The van der Waals surface area contributed by atoms with E-state index in [1.54, 1.807) is 12.1 Å². The monoisotopic (exact) mass is 269 g/mol. The molecular weight excluding hydrogens is 249 g/mol. The van der Waals surface area contributed by atoms with Crippen molar-refractivity contribution in [3.63, 3.8) is 0 Å². The van der Waals surface area contributed by atoms with Gasteiger partial charge in [0.15, 0.2) is 0 Å². The molecule has 1 unspecified atom stereocenters. The summed E-state index contributed by atoms with van der Waals surface area (Å²) in [4.78, 5) is 0. The summed E-state index contributed by atoms with van der Waals surface area (Å²) in [7, 11) is 0. The van der Waals surface area contributed by atoms with Gasteiger partial charge in [-0.2, -0.15) is 0 Å². The van der Waals surface area contributed by atoms with Crippen molar-refractivity contribution in [3.05, 3.63) is 71.0 Å². The molecule has 1 aliphatic rings. The average molecular weight is 269 g/mol. The largest absolute Gasteiger partial charge is 0.306 e. The van der Waals surface area contributed by atoms with E-state index in [1.807, 2.05) is 6.07 Å². The van der Waals surface area contributed by atoms with Gasteiger partial charge in [0.2, 0.25) is 0 Å². The molecule has 0 heterocycles. The van der Waals surface area contributed by atoms with Crippen molar-refractivity contribution in [1.29, 1.82) is 0 Å². The number of benzene rings is 2. The highest BCUT2D eigenvalue weighted by Gasteiger charge is 2.17. The Labute approximate surface area is 119 Å². The molecule has 0 aliphatic heterocycles. The molecule has 0 aromatic heterocycles. The molecule has 2 heteroatoms. The summed E-state index contributed by atoms with van der Waals surface area (Å²) < 4.78 is 13.2. The highest BCUT2D eigenvalue weighted by Crippen LogP contribution is 2.28. The van der Waals surface area contributed by atoms with E-state index in [1.165, 1.54) is 36.5 Å². The molecule has 3 rings (SSSR count). The van der Waals surface area contributed by atoms with E-state index in [-0.39, 0.29) is 5.82 Å². The molecule has 0 saturated carbocycles. The molecule has 104 valence electrons. The quantitative estimate of drug-likeness (QED) is 0.815. The number of rotatable bonds is 3. The molecule has 0 amide bonds. The van der Waals surface area contributed by atoms with Crippen LogP contribution in [0.1, 0.15) is 42.0 Å². The van der Waals surface area contributed by atoms with Crippen molar-refractivity contribution in [2.45, 2.75) is 38.3 Å². The van der Waals surface area contributed by atoms with Gasteiger partial charge in [-0.25, -0.2) is 4.39 Å². The van der Waals surface area contributed by atoms with Crippen LogP contribution < -0.4 is 5.32 Å². The summed E-state index contributed by atoms with van der Waals surface area (Å²) >= 11 is 0. The van der Waals surface area contributed by atoms with Crippen molar-refractivity contribution >= 4 is 0 Å². The van der Waals surface area contributed by atoms with Gasteiger partial charge in [-0.3, -0.25) is 0 Å². The molecule has 1 nitrogen and oxygen atoms in total. The molecule has 20 heavy (non-hydrogen) atoms. The van der Waals surface area contributed by atoms with Crippen LogP contribution in [0.5, 0.6) is 0 Å². The topological polar surface area (TPSA) is 12.0 Å². The predicted octanol–water partition coefficient (Wildman–Crippen LogP) is 4.38. The zero-order valence-electron chi connectivity index (χ0n) is 11.6. The second-order valence-electron chi connectivity index (χ2n) is 5.51. The van der Waals surface area contributed by atoms with Gasteiger partial charge in [-0.15, -0.1) is 0 Å². The zero-order valence-corrected chi connectivity index (χ0v) is 11.6. The van der Waals surface area contributed by atoms with Crippen molar-refractivity contribution in [2.24, 2.45) is 0 Å². The Hall–Kier alpha value is -1.67. The van der Waals surface area contributed by atoms with Gasteiger partial charge in [0.25, 0.3) is 0 Å². The Morgan fingerprint density at radius 1 is 1.05 bits per heavy atom. The van der Waals surface area contributed by atoms with Crippen molar-refractivity contribution in [1.82, 2.24) is 5.32 Å². The van der Waals surface area contributed by atoms with Gasteiger partial charge < -0.3 is 5.32 Å². The van der Waals surface area contributed by atoms with Gasteiger partial charge in [-0.05, 0) is 48.1 Å². The van der Waals surface area contributed by atoms with Gasteiger partial charge in [0, 0.05) is 12.6 Å². The minimum Gasteiger partial charge on any atom is -0.306 e. The number of hydrogen-bond acceptors (Lipinski definition) is 1. The van der Waals surface area contributed by atoms with Crippen LogP contribution in [0.3, 0.4) is 0 Å². The summed E-state index contributed by atoms with van der Waals surface area (Å²) in [5, 5.41) is 3.59. The molecule has 2 aromatic carbocycles. The second kappa shape index (κ2) is 6.19. The summed E-state index contributed by atoms with van der Waals surface area (Å²) in [5.41, 5.74) is 3.88. The molecule has 0 saturated heterocycles. The molecule has 1 atom stereocenters. The van der Waals surface area contributed by atoms with Gasteiger partial charge in [-0.1, -0.05) is 42.8 Å². The van der Waals surface area contributed by atoms with E-state index < -0.39 is 0 Å². The first-order valence-corrected chi connectivity index (χ1v) is 7.38. The normalized spacial score (nSPS) is 18.4. The smallest absolute Gasteiger partial charge is 0.123 e. The second-order valence-corrected chi connectivity index (χ2v) is 5.51. The lowest BCUT2D eigenvalue weighted by atomic mass is 9.99. The van der Waals surface area contributed by atoms with Gasteiger partial charge in [0.05, 0.1) is 0 Å². The minimum absolute atomic E-state index is 0.162. The van der Waals surface area contributed by atoms with Crippen LogP contribution >= 0.6 is 0 Å². The lowest BCUT2D eigenvalue weighted by molar-refractivity contribution is 0.488. The fourth-order valence-corrected chi connectivity index (χ4v) is 3.02. The van der Waals surface area contributed by atoms with Crippen molar-refractivity contribution < 1.29 is 4.39 Å². The van der Waals surface area contributed by atoms with Crippen LogP contribution in [0, 0.1) is 5.82 Å². The van der Waals surface area contributed by atoms with Crippen LogP contribution in [0.2, 0.25) is 0 Å². The van der Waals surface area contributed by atoms with Crippen LogP contribution in [0.15, 0.2) is 48.5 Å². The standard InChI is InChI=1S/C18H20FN/c19-16-9-5-6-14(12-16)13-20-18-11-4-2-8-15-7-1-3-10-17(15)18/h1,3,5-7,9-10,12,18,20H,2,4,8,11,13H2. The maximum Gasteiger partial charge on any atom is 0.123 e. The fourth-order valence-electron chi connectivity index (χ4n) is 3.02. The third kappa shape index (κ3) is 3.07. The number of fused-ring (bicyclic) bond motifs is 1. The molecule has 1 N–H and O–H groups in total. The summed E-state index contributed by atoms with van der Waals surface area (Å²) in [6, 6.07) is 15.9. The highest BCUT2D eigenvalue weighted by molar-refractivity contribution is 5.31. The third-order valence-electron chi connectivity index (χ3n) is 4.06. The van der Waals surface area contributed by atoms with E-state index in [0.29, 0.717) is 6.04 Å².